The number of amides is 1. The summed E-state index contributed by atoms with van der Waals surface area (Å²) in [5.74, 6) is 1.22. The fourth-order valence-corrected chi connectivity index (χ4v) is 3.28. The monoisotopic (exact) mass is 504 g/mol. The van der Waals surface area contributed by atoms with E-state index >= 15 is 0 Å². The van der Waals surface area contributed by atoms with Gasteiger partial charge in [0, 0.05) is 29.5 Å². The van der Waals surface area contributed by atoms with E-state index in [9.17, 15) is 4.79 Å². The first-order valence-electron chi connectivity index (χ1n) is 11.4. The zero-order valence-corrected chi connectivity index (χ0v) is 20.2. The Morgan fingerprint density at radius 3 is 2.47 bits per heavy atom. The maximum Gasteiger partial charge on any atom is 0.271 e. The number of carbonyl (C=O) groups is 1. The topological polar surface area (TPSA) is 104 Å². The van der Waals surface area contributed by atoms with Crippen molar-refractivity contribution in [3.05, 3.63) is 101 Å². The van der Waals surface area contributed by atoms with Gasteiger partial charge in [0.25, 0.3) is 5.91 Å². The third-order valence-corrected chi connectivity index (χ3v) is 5.29. The number of hydrogen-bond donors (Lipinski definition) is 1. The minimum Gasteiger partial charge on any atom is -0.494 e. The third kappa shape index (κ3) is 7.92. The highest BCUT2D eigenvalue weighted by Gasteiger charge is 2.04. The smallest absolute Gasteiger partial charge is 0.271 e. The summed E-state index contributed by atoms with van der Waals surface area (Å²) in [6, 6.07) is 17.9. The third-order valence-electron chi connectivity index (χ3n) is 5.04. The molecule has 0 fully saturated rings. The predicted octanol–water partition coefficient (Wildman–Crippen LogP) is 4.53. The van der Waals surface area contributed by atoms with Gasteiger partial charge in [0.05, 0.1) is 19.0 Å². The molecule has 2 heterocycles. The Bertz CT molecular complexity index is 1260. The molecule has 2 aromatic carbocycles. The molecule has 0 unspecified atom stereocenters. The van der Waals surface area contributed by atoms with Crippen LogP contribution < -0.4 is 14.9 Å². The van der Waals surface area contributed by atoms with Crippen LogP contribution >= 0.6 is 11.6 Å². The lowest BCUT2D eigenvalue weighted by atomic mass is 10.2. The van der Waals surface area contributed by atoms with Crippen LogP contribution in [0.15, 0.2) is 84.4 Å². The lowest BCUT2D eigenvalue weighted by molar-refractivity contribution is 0.0955. The van der Waals surface area contributed by atoms with Gasteiger partial charge >= 0.3 is 0 Å². The molecule has 4 rings (SSSR count). The molecule has 10 heteroatoms. The number of hydrazone groups is 1. The number of pyridine rings is 1. The van der Waals surface area contributed by atoms with Crippen molar-refractivity contribution in [2.24, 2.45) is 5.10 Å². The Morgan fingerprint density at radius 1 is 0.972 bits per heavy atom. The van der Waals surface area contributed by atoms with Crippen LogP contribution in [0, 0.1) is 0 Å². The van der Waals surface area contributed by atoms with Gasteiger partial charge in [0.1, 0.15) is 23.8 Å². The van der Waals surface area contributed by atoms with Crippen LogP contribution in [0.5, 0.6) is 11.5 Å². The van der Waals surface area contributed by atoms with Gasteiger partial charge in [0.2, 0.25) is 0 Å². The maximum absolute atomic E-state index is 12.0. The normalized spacial score (nSPS) is 10.9. The standard InChI is InChI=1S/C26H25ClN6O3/c27-22-5-9-25(10-6-22)36-19-23-18-33(32-30-23)15-1-2-16-35-24-7-3-20(4-8-24)17-29-31-26(34)21-11-13-28-14-12-21/h3-14,17-18H,1-2,15-16,19H2,(H,31,34)/b29-17+. The number of aryl methyl sites for hydroxylation is 1. The Kier molecular flexibility index (Phi) is 8.99. The highest BCUT2D eigenvalue weighted by molar-refractivity contribution is 6.30. The Labute approximate surface area is 213 Å². The molecule has 0 saturated heterocycles. The van der Waals surface area contributed by atoms with Gasteiger partial charge < -0.3 is 9.47 Å². The van der Waals surface area contributed by atoms with Gasteiger partial charge in [-0.25, -0.2) is 5.43 Å². The molecule has 9 nitrogen and oxygen atoms in total. The second-order valence-corrected chi connectivity index (χ2v) is 8.21. The van der Waals surface area contributed by atoms with E-state index in [-0.39, 0.29) is 5.91 Å². The summed E-state index contributed by atoms with van der Waals surface area (Å²) < 4.78 is 13.3. The Balaban J connectivity index is 1.11. The highest BCUT2D eigenvalue weighted by Crippen LogP contribution is 2.16. The average Bonchev–Trinajstić information content (AvgIpc) is 3.37. The van der Waals surface area contributed by atoms with Crippen molar-refractivity contribution in [2.45, 2.75) is 26.0 Å². The highest BCUT2D eigenvalue weighted by atomic mass is 35.5. The van der Waals surface area contributed by atoms with Crippen LogP contribution in [0.3, 0.4) is 0 Å². The summed E-state index contributed by atoms with van der Waals surface area (Å²) in [4.78, 5) is 15.8. The molecular weight excluding hydrogens is 480 g/mol. The van der Waals surface area contributed by atoms with Crippen molar-refractivity contribution in [1.82, 2.24) is 25.4 Å². The lowest BCUT2D eigenvalue weighted by Crippen LogP contribution is -2.17. The number of halogens is 1. The maximum atomic E-state index is 12.0. The van der Waals surface area contributed by atoms with Gasteiger partial charge in [-0.1, -0.05) is 16.8 Å². The van der Waals surface area contributed by atoms with Crippen molar-refractivity contribution in [3.8, 4) is 11.5 Å². The number of benzene rings is 2. The van der Waals surface area contributed by atoms with Gasteiger partial charge in [-0.2, -0.15) is 5.10 Å². The second-order valence-electron chi connectivity index (χ2n) is 7.78. The van der Waals surface area contributed by atoms with E-state index in [2.05, 4.69) is 25.8 Å². The molecule has 0 aliphatic rings. The van der Waals surface area contributed by atoms with E-state index < -0.39 is 0 Å². The van der Waals surface area contributed by atoms with Gasteiger partial charge in [0.15, 0.2) is 0 Å². The number of aromatic nitrogens is 4. The van der Waals surface area contributed by atoms with Gasteiger partial charge in [-0.3, -0.25) is 14.5 Å². The van der Waals surface area contributed by atoms with Crippen LogP contribution in [-0.2, 0) is 13.2 Å². The number of unbranched alkanes of at least 4 members (excludes halogenated alkanes) is 1. The molecule has 184 valence electrons. The van der Waals surface area contributed by atoms with Gasteiger partial charge in [-0.15, -0.1) is 5.10 Å². The molecule has 0 aliphatic heterocycles. The molecule has 1 N–H and O–H groups in total. The zero-order valence-electron chi connectivity index (χ0n) is 19.5. The van der Waals surface area contributed by atoms with Crippen molar-refractivity contribution in [3.63, 3.8) is 0 Å². The summed E-state index contributed by atoms with van der Waals surface area (Å²) in [5, 5.41) is 12.9. The van der Waals surface area contributed by atoms with Crippen LogP contribution in [0.25, 0.3) is 0 Å². The number of nitrogens with one attached hydrogen (secondary N) is 1. The SMILES string of the molecule is O=C(N/N=C/c1ccc(OCCCCn2cc(COc3ccc(Cl)cc3)nn2)cc1)c1ccncc1. The minimum absolute atomic E-state index is 0.290. The molecule has 0 saturated carbocycles. The summed E-state index contributed by atoms with van der Waals surface area (Å²) in [6.07, 6.45) is 8.36. The number of hydrogen-bond acceptors (Lipinski definition) is 7. The van der Waals surface area contributed by atoms with Crippen molar-refractivity contribution < 1.29 is 14.3 Å². The van der Waals surface area contributed by atoms with E-state index in [1.54, 1.807) is 42.9 Å². The Morgan fingerprint density at radius 2 is 1.69 bits per heavy atom. The van der Waals surface area contributed by atoms with Crippen molar-refractivity contribution >= 4 is 23.7 Å². The van der Waals surface area contributed by atoms with E-state index in [4.69, 9.17) is 21.1 Å². The largest absolute Gasteiger partial charge is 0.494 e. The number of rotatable bonds is 12. The molecule has 1 amide bonds. The molecular formula is C26H25ClN6O3. The quantitative estimate of drug-likeness (QED) is 0.173. The van der Waals surface area contributed by atoms with Gasteiger partial charge in [-0.05, 0) is 79.1 Å². The number of carbonyl (C=O) groups excluding carboxylic acids is 1. The van der Waals surface area contributed by atoms with E-state index in [0.717, 1.165) is 42.1 Å². The fourth-order valence-electron chi connectivity index (χ4n) is 3.15. The van der Waals surface area contributed by atoms with Crippen LogP contribution in [0.2, 0.25) is 5.02 Å². The first kappa shape index (κ1) is 24.9. The fraction of sp³-hybridized carbons (Fsp3) is 0.192. The summed E-state index contributed by atoms with van der Waals surface area (Å²) in [6.45, 7) is 1.69. The number of nitrogens with zero attached hydrogens (tertiary/aromatic N) is 5. The molecule has 4 aromatic rings. The van der Waals surface area contributed by atoms with E-state index in [1.807, 2.05) is 47.3 Å². The first-order chi connectivity index (χ1) is 17.7. The molecule has 0 spiro atoms. The molecule has 0 radical (unpaired) electrons. The average molecular weight is 505 g/mol. The van der Waals surface area contributed by atoms with Crippen molar-refractivity contribution in [2.75, 3.05) is 6.61 Å². The van der Waals surface area contributed by atoms with E-state index in [1.165, 1.54) is 0 Å². The first-order valence-corrected chi connectivity index (χ1v) is 11.8. The molecule has 0 atom stereocenters. The number of ether oxygens (including phenoxy) is 2. The molecule has 2 aromatic heterocycles. The lowest BCUT2D eigenvalue weighted by Gasteiger charge is -2.06. The predicted molar refractivity (Wildman–Crippen MR) is 136 cm³/mol. The molecule has 0 bridgehead atoms. The van der Waals surface area contributed by atoms with Crippen LogP contribution in [0.4, 0.5) is 0 Å². The molecule has 36 heavy (non-hydrogen) atoms. The summed E-state index contributed by atoms with van der Waals surface area (Å²) >= 11 is 5.88. The zero-order chi connectivity index (χ0) is 25.0. The van der Waals surface area contributed by atoms with Crippen molar-refractivity contribution in [1.29, 1.82) is 0 Å². The summed E-state index contributed by atoms with van der Waals surface area (Å²) in [5.41, 5.74) is 4.60. The van der Waals surface area contributed by atoms with E-state index in [0.29, 0.717) is 23.8 Å². The summed E-state index contributed by atoms with van der Waals surface area (Å²) in [7, 11) is 0. The minimum atomic E-state index is -0.290. The molecule has 0 aliphatic carbocycles. The van der Waals surface area contributed by atoms with Crippen LogP contribution in [-0.4, -0.2) is 38.7 Å². The second kappa shape index (κ2) is 13.0. The van der Waals surface area contributed by atoms with Crippen LogP contribution in [0.1, 0.15) is 34.5 Å². The Hall–Kier alpha value is -4.24.